The van der Waals surface area contributed by atoms with Crippen molar-refractivity contribution in [2.75, 3.05) is 7.11 Å². The summed E-state index contributed by atoms with van der Waals surface area (Å²) in [5.41, 5.74) is 0.661. The van der Waals surface area contributed by atoms with Crippen LogP contribution in [0.25, 0.3) is 0 Å². The topological polar surface area (TPSA) is 21.3 Å². The Kier molecular flexibility index (Phi) is 4.56. The average molecular weight is 279 g/mol. The molecule has 0 fully saturated rings. The minimum atomic E-state index is -0.235. The van der Waals surface area contributed by atoms with Gasteiger partial charge in [0, 0.05) is 34.0 Å². The van der Waals surface area contributed by atoms with Gasteiger partial charge < -0.3 is 10.1 Å². The highest BCUT2D eigenvalue weighted by Gasteiger charge is 2.11. The largest absolute Gasteiger partial charge is 0.497 e. The van der Waals surface area contributed by atoms with E-state index in [0.29, 0.717) is 11.3 Å². The van der Waals surface area contributed by atoms with Gasteiger partial charge in [-0.15, -0.1) is 11.3 Å². The second-order valence-corrected chi connectivity index (χ2v) is 5.87. The van der Waals surface area contributed by atoms with E-state index in [4.69, 9.17) is 4.74 Å². The van der Waals surface area contributed by atoms with Gasteiger partial charge in [0.05, 0.1) is 7.11 Å². The van der Waals surface area contributed by atoms with Crippen molar-refractivity contribution in [2.24, 2.45) is 0 Å². The first-order chi connectivity index (χ1) is 9.10. The first-order valence-electron chi connectivity index (χ1n) is 6.22. The van der Waals surface area contributed by atoms with E-state index in [1.165, 1.54) is 22.9 Å². The molecule has 0 aliphatic rings. The summed E-state index contributed by atoms with van der Waals surface area (Å²) >= 11 is 1.76. The van der Waals surface area contributed by atoms with Crippen molar-refractivity contribution in [2.45, 2.75) is 26.4 Å². The van der Waals surface area contributed by atoms with Crippen LogP contribution in [-0.4, -0.2) is 7.11 Å². The molecule has 0 saturated heterocycles. The van der Waals surface area contributed by atoms with Gasteiger partial charge in [-0.05, 0) is 32.0 Å². The van der Waals surface area contributed by atoms with Crippen molar-refractivity contribution in [1.82, 2.24) is 5.32 Å². The summed E-state index contributed by atoms with van der Waals surface area (Å²) in [7, 11) is 1.54. The number of halogens is 1. The quantitative estimate of drug-likeness (QED) is 0.891. The fourth-order valence-corrected chi connectivity index (χ4v) is 2.77. The molecule has 0 aliphatic carbocycles. The highest BCUT2D eigenvalue weighted by atomic mass is 32.1. The van der Waals surface area contributed by atoms with Crippen LogP contribution >= 0.6 is 11.3 Å². The number of ether oxygens (including phenoxy) is 1. The van der Waals surface area contributed by atoms with Gasteiger partial charge in [-0.1, -0.05) is 6.07 Å². The number of hydrogen-bond acceptors (Lipinski definition) is 3. The van der Waals surface area contributed by atoms with E-state index in [2.05, 4.69) is 24.4 Å². The Labute approximate surface area is 117 Å². The molecule has 0 saturated carbocycles. The molecule has 0 bridgehead atoms. The zero-order valence-corrected chi connectivity index (χ0v) is 12.2. The van der Waals surface area contributed by atoms with Crippen LogP contribution in [0.2, 0.25) is 0 Å². The molecule has 1 aromatic heterocycles. The van der Waals surface area contributed by atoms with Crippen LogP contribution in [0, 0.1) is 12.7 Å². The van der Waals surface area contributed by atoms with Crippen molar-refractivity contribution in [3.63, 3.8) is 0 Å². The molecule has 4 heteroatoms. The number of benzene rings is 1. The minimum absolute atomic E-state index is 0.0340. The molecule has 2 rings (SSSR count). The van der Waals surface area contributed by atoms with Gasteiger partial charge in [0.1, 0.15) is 11.6 Å². The first kappa shape index (κ1) is 14.0. The molecule has 19 heavy (non-hydrogen) atoms. The number of nitrogens with one attached hydrogen (secondary N) is 1. The Morgan fingerprint density at radius 2 is 2.11 bits per heavy atom. The average Bonchev–Trinajstić information content (AvgIpc) is 2.81. The number of aryl methyl sites for hydroxylation is 1. The van der Waals surface area contributed by atoms with E-state index in [0.717, 1.165) is 6.54 Å². The summed E-state index contributed by atoms with van der Waals surface area (Å²) in [6.45, 7) is 4.80. The molecule has 1 atom stereocenters. The van der Waals surface area contributed by atoms with E-state index in [1.807, 2.05) is 6.92 Å². The zero-order chi connectivity index (χ0) is 13.8. The van der Waals surface area contributed by atoms with Crippen LogP contribution in [0.4, 0.5) is 4.39 Å². The number of methoxy groups -OCH3 is 1. The van der Waals surface area contributed by atoms with Crippen LogP contribution in [-0.2, 0) is 6.54 Å². The lowest BCUT2D eigenvalue weighted by Crippen LogP contribution is -2.18. The number of rotatable bonds is 5. The Balaban J connectivity index is 2.01. The van der Waals surface area contributed by atoms with Gasteiger partial charge in [-0.2, -0.15) is 0 Å². The molecule has 1 aromatic carbocycles. The summed E-state index contributed by atoms with van der Waals surface area (Å²) in [5, 5.41) is 3.34. The molecule has 0 radical (unpaired) electrons. The molecule has 2 nitrogen and oxygen atoms in total. The third-order valence-electron chi connectivity index (χ3n) is 3.05. The van der Waals surface area contributed by atoms with Crippen LogP contribution < -0.4 is 10.1 Å². The fourth-order valence-electron chi connectivity index (χ4n) is 1.93. The van der Waals surface area contributed by atoms with Gasteiger partial charge in [0.25, 0.3) is 0 Å². The van der Waals surface area contributed by atoms with Gasteiger partial charge in [0.15, 0.2) is 0 Å². The maximum atomic E-state index is 13.9. The summed E-state index contributed by atoms with van der Waals surface area (Å²) in [4.78, 5) is 2.55. The Morgan fingerprint density at radius 1 is 1.32 bits per heavy atom. The summed E-state index contributed by atoms with van der Waals surface area (Å²) in [6.07, 6.45) is 0. The summed E-state index contributed by atoms with van der Waals surface area (Å²) in [5.74, 6) is 0.309. The maximum absolute atomic E-state index is 13.9. The molecule has 1 unspecified atom stereocenters. The lowest BCUT2D eigenvalue weighted by Gasteiger charge is -2.15. The SMILES string of the molecule is COc1ccc(C(C)NCc2ccc(C)s2)c(F)c1. The van der Waals surface area contributed by atoms with Gasteiger partial charge >= 0.3 is 0 Å². The van der Waals surface area contributed by atoms with Gasteiger partial charge in [-0.3, -0.25) is 0 Å². The third-order valence-corrected chi connectivity index (χ3v) is 4.05. The van der Waals surface area contributed by atoms with Crippen molar-refractivity contribution in [3.05, 3.63) is 51.5 Å². The normalized spacial score (nSPS) is 12.4. The van der Waals surface area contributed by atoms with Crippen LogP contribution in [0.3, 0.4) is 0 Å². The molecule has 0 aliphatic heterocycles. The van der Waals surface area contributed by atoms with Crippen molar-refractivity contribution < 1.29 is 9.13 Å². The predicted molar refractivity (Wildman–Crippen MR) is 77.3 cm³/mol. The number of thiophene rings is 1. The van der Waals surface area contributed by atoms with E-state index < -0.39 is 0 Å². The van der Waals surface area contributed by atoms with Crippen molar-refractivity contribution >= 4 is 11.3 Å². The predicted octanol–water partition coefficient (Wildman–Crippen LogP) is 4.06. The number of hydrogen-bond donors (Lipinski definition) is 1. The van der Waals surface area contributed by atoms with Crippen LogP contribution in [0.5, 0.6) is 5.75 Å². The van der Waals surface area contributed by atoms with Gasteiger partial charge in [-0.25, -0.2) is 4.39 Å². The van der Waals surface area contributed by atoms with Crippen molar-refractivity contribution in [1.29, 1.82) is 0 Å². The lowest BCUT2D eigenvalue weighted by molar-refractivity contribution is 0.409. The van der Waals surface area contributed by atoms with Crippen LogP contribution in [0.1, 0.15) is 28.3 Å². The maximum Gasteiger partial charge on any atom is 0.131 e. The lowest BCUT2D eigenvalue weighted by atomic mass is 10.1. The van der Waals surface area contributed by atoms with E-state index in [1.54, 1.807) is 23.5 Å². The van der Waals surface area contributed by atoms with E-state index >= 15 is 0 Å². The Morgan fingerprint density at radius 3 is 2.68 bits per heavy atom. The second-order valence-electron chi connectivity index (χ2n) is 4.50. The molecule has 2 aromatic rings. The summed E-state index contributed by atoms with van der Waals surface area (Å²) in [6, 6.07) is 9.14. The third kappa shape index (κ3) is 3.55. The summed E-state index contributed by atoms with van der Waals surface area (Å²) < 4.78 is 18.9. The van der Waals surface area contributed by atoms with E-state index in [-0.39, 0.29) is 11.9 Å². The molecular weight excluding hydrogens is 261 g/mol. The monoisotopic (exact) mass is 279 g/mol. The highest BCUT2D eigenvalue weighted by molar-refractivity contribution is 7.11. The molecule has 1 N–H and O–H groups in total. The Bertz CT molecular complexity index is 553. The molecule has 102 valence electrons. The highest BCUT2D eigenvalue weighted by Crippen LogP contribution is 2.22. The van der Waals surface area contributed by atoms with Gasteiger partial charge in [0.2, 0.25) is 0 Å². The molecule has 0 amide bonds. The fraction of sp³-hybridized carbons (Fsp3) is 0.333. The molecular formula is C15H18FNOS. The molecule has 0 spiro atoms. The standard InChI is InChI=1S/C15H18FNOS/c1-10-4-6-13(19-10)9-17-11(2)14-7-5-12(18-3)8-15(14)16/h4-8,11,17H,9H2,1-3H3. The Hall–Kier alpha value is -1.39. The molecule has 1 heterocycles. The zero-order valence-electron chi connectivity index (χ0n) is 11.4. The first-order valence-corrected chi connectivity index (χ1v) is 7.04. The van der Waals surface area contributed by atoms with Crippen molar-refractivity contribution in [3.8, 4) is 5.75 Å². The second kappa shape index (κ2) is 6.17. The van der Waals surface area contributed by atoms with E-state index in [9.17, 15) is 4.39 Å². The van der Waals surface area contributed by atoms with Crippen LogP contribution in [0.15, 0.2) is 30.3 Å². The smallest absolute Gasteiger partial charge is 0.131 e. The minimum Gasteiger partial charge on any atom is -0.497 e.